The molecule has 5 heteroatoms. The van der Waals surface area contributed by atoms with Gasteiger partial charge in [-0.1, -0.05) is 17.7 Å². The Morgan fingerprint density at radius 3 is 2.67 bits per heavy atom. The standard InChI is InChI=1S/C10H9ClN2O2/c1-6-2-3-8(7(11)4-6)13-9(14)5-12-10(13)15/h2-4H,5H2,1H3,(H,12,15). The number of nitrogens with one attached hydrogen (secondary N) is 1. The Balaban J connectivity index is 2.45. The molecule has 0 aliphatic carbocycles. The van der Waals surface area contributed by atoms with Crippen molar-refractivity contribution in [3.8, 4) is 0 Å². The lowest BCUT2D eigenvalue weighted by molar-refractivity contribution is -0.115. The molecule has 15 heavy (non-hydrogen) atoms. The third-order valence-electron chi connectivity index (χ3n) is 2.19. The highest BCUT2D eigenvalue weighted by atomic mass is 35.5. The molecular formula is C10H9ClN2O2. The molecule has 78 valence electrons. The Hall–Kier alpha value is -1.55. The van der Waals surface area contributed by atoms with Crippen LogP contribution in [0.5, 0.6) is 0 Å². The normalized spacial score (nSPS) is 15.7. The van der Waals surface area contributed by atoms with Crippen LogP contribution in [0.25, 0.3) is 0 Å². The van der Waals surface area contributed by atoms with Gasteiger partial charge in [-0.15, -0.1) is 0 Å². The largest absolute Gasteiger partial charge is 0.329 e. The van der Waals surface area contributed by atoms with E-state index in [9.17, 15) is 9.59 Å². The van der Waals surface area contributed by atoms with Gasteiger partial charge in [0, 0.05) is 0 Å². The van der Waals surface area contributed by atoms with Crippen LogP contribution >= 0.6 is 11.6 Å². The topological polar surface area (TPSA) is 49.4 Å². The number of carbonyl (C=O) groups excluding carboxylic acids is 2. The number of aryl methyl sites for hydroxylation is 1. The number of urea groups is 1. The number of benzene rings is 1. The minimum absolute atomic E-state index is 0.0308. The van der Waals surface area contributed by atoms with Gasteiger partial charge in [-0.3, -0.25) is 4.79 Å². The number of hydrogen-bond donors (Lipinski definition) is 1. The Morgan fingerprint density at radius 1 is 1.40 bits per heavy atom. The van der Waals surface area contributed by atoms with Crippen LogP contribution in [0.3, 0.4) is 0 Å². The summed E-state index contributed by atoms with van der Waals surface area (Å²) in [5.41, 5.74) is 1.41. The number of hydrogen-bond acceptors (Lipinski definition) is 2. The second kappa shape index (κ2) is 3.55. The van der Waals surface area contributed by atoms with Crippen molar-refractivity contribution in [2.75, 3.05) is 11.4 Å². The van der Waals surface area contributed by atoms with E-state index in [2.05, 4.69) is 5.32 Å². The molecule has 0 saturated carbocycles. The van der Waals surface area contributed by atoms with Gasteiger partial charge in [0.2, 0.25) is 0 Å². The predicted octanol–water partition coefficient (Wildman–Crippen LogP) is 1.70. The van der Waals surface area contributed by atoms with Gasteiger partial charge in [0.15, 0.2) is 0 Å². The fourth-order valence-electron chi connectivity index (χ4n) is 1.46. The summed E-state index contributed by atoms with van der Waals surface area (Å²) < 4.78 is 0. The summed E-state index contributed by atoms with van der Waals surface area (Å²) in [4.78, 5) is 23.8. The second-order valence-corrected chi connectivity index (χ2v) is 3.75. The van der Waals surface area contributed by atoms with E-state index in [1.54, 1.807) is 18.2 Å². The van der Waals surface area contributed by atoms with Gasteiger partial charge in [-0.25, -0.2) is 9.69 Å². The highest BCUT2D eigenvalue weighted by Gasteiger charge is 2.31. The summed E-state index contributed by atoms with van der Waals surface area (Å²) in [7, 11) is 0. The zero-order valence-electron chi connectivity index (χ0n) is 8.08. The second-order valence-electron chi connectivity index (χ2n) is 3.34. The number of imide groups is 1. The highest BCUT2D eigenvalue weighted by Crippen LogP contribution is 2.28. The van der Waals surface area contributed by atoms with E-state index in [4.69, 9.17) is 11.6 Å². The third kappa shape index (κ3) is 1.68. The van der Waals surface area contributed by atoms with E-state index >= 15 is 0 Å². The van der Waals surface area contributed by atoms with Gasteiger partial charge in [0.05, 0.1) is 17.3 Å². The van der Waals surface area contributed by atoms with Crippen molar-refractivity contribution in [1.82, 2.24) is 5.32 Å². The molecule has 1 fully saturated rings. The molecule has 1 aliphatic rings. The van der Waals surface area contributed by atoms with Crippen molar-refractivity contribution in [1.29, 1.82) is 0 Å². The van der Waals surface area contributed by atoms with Gasteiger partial charge in [0.1, 0.15) is 0 Å². The van der Waals surface area contributed by atoms with E-state index in [1.165, 1.54) is 0 Å². The molecule has 2 rings (SSSR count). The maximum atomic E-state index is 11.4. The molecule has 0 unspecified atom stereocenters. The fourth-order valence-corrected chi connectivity index (χ4v) is 1.78. The Morgan fingerprint density at radius 2 is 2.13 bits per heavy atom. The number of carbonyl (C=O) groups is 2. The van der Waals surface area contributed by atoms with Crippen LogP contribution in [0.15, 0.2) is 18.2 Å². The molecular weight excluding hydrogens is 216 g/mol. The number of halogens is 1. The lowest BCUT2D eigenvalue weighted by Crippen LogP contribution is -2.30. The number of rotatable bonds is 1. The molecule has 3 amide bonds. The molecule has 0 bridgehead atoms. The first-order valence-corrected chi connectivity index (χ1v) is 4.84. The van der Waals surface area contributed by atoms with Crippen molar-refractivity contribution in [3.63, 3.8) is 0 Å². The van der Waals surface area contributed by atoms with E-state index in [1.807, 2.05) is 6.92 Å². The summed E-state index contributed by atoms with van der Waals surface area (Å²) in [6, 6.07) is 4.77. The van der Waals surface area contributed by atoms with Crippen molar-refractivity contribution in [2.24, 2.45) is 0 Å². The van der Waals surface area contributed by atoms with Crippen molar-refractivity contribution in [2.45, 2.75) is 6.92 Å². The molecule has 0 spiro atoms. The number of amides is 3. The van der Waals surface area contributed by atoms with Crippen LogP contribution in [-0.4, -0.2) is 18.5 Å². The van der Waals surface area contributed by atoms with Gasteiger partial charge in [-0.2, -0.15) is 0 Å². The molecule has 0 radical (unpaired) electrons. The molecule has 4 nitrogen and oxygen atoms in total. The zero-order chi connectivity index (χ0) is 11.0. The highest BCUT2D eigenvalue weighted by molar-refractivity contribution is 6.35. The van der Waals surface area contributed by atoms with E-state index in [0.717, 1.165) is 10.5 Å². The van der Waals surface area contributed by atoms with Crippen molar-refractivity contribution in [3.05, 3.63) is 28.8 Å². The fraction of sp³-hybridized carbons (Fsp3) is 0.200. The average molecular weight is 225 g/mol. The number of anilines is 1. The van der Waals surface area contributed by atoms with Gasteiger partial charge in [0.25, 0.3) is 5.91 Å². The van der Waals surface area contributed by atoms with E-state index in [-0.39, 0.29) is 12.5 Å². The van der Waals surface area contributed by atoms with Gasteiger partial charge >= 0.3 is 6.03 Å². The summed E-state index contributed by atoms with van der Waals surface area (Å²) in [5, 5.41) is 2.84. The first-order chi connectivity index (χ1) is 7.09. The molecule has 1 heterocycles. The molecule has 1 saturated heterocycles. The zero-order valence-corrected chi connectivity index (χ0v) is 8.84. The summed E-state index contributed by atoms with van der Waals surface area (Å²) >= 11 is 5.97. The van der Waals surface area contributed by atoms with Crippen LogP contribution < -0.4 is 10.2 Å². The Bertz CT molecular complexity index is 429. The van der Waals surface area contributed by atoms with Crippen LogP contribution in [-0.2, 0) is 4.79 Å². The SMILES string of the molecule is Cc1ccc(N2C(=O)CNC2=O)c(Cl)c1. The molecule has 0 atom stereocenters. The monoisotopic (exact) mass is 224 g/mol. The lowest BCUT2D eigenvalue weighted by Gasteiger charge is -2.14. The maximum Gasteiger partial charge on any atom is 0.329 e. The van der Waals surface area contributed by atoms with Crippen LogP contribution in [0.4, 0.5) is 10.5 Å². The minimum Gasteiger partial charge on any atom is -0.328 e. The summed E-state index contributed by atoms with van der Waals surface area (Å²) in [6.07, 6.45) is 0. The molecule has 1 aromatic rings. The minimum atomic E-state index is -0.425. The predicted molar refractivity (Wildman–Crippen MR) is 57.1 cm³/mol. The quantitative estimate of drug-likeness (QED) is 0.739. The molecule has 1 aliphatic heterocycles. The Kier molecular flexibility index (Phi) is 2.36. The summed E-state index contributed by atoms with van der Waals surface area (Å²) in [5.74, 6) is -0.286. The Labute approximate surface area is 91.8 Å². The van der Waals surface area contributed by atoms with Crippen molar-refractivity contribution < 1.29 is 9.59 Å². The first-order valence-electron chi connectivity index (χ1n) is 4.46. The van der Waals surface area contributed by atoms with Crippen molar-refractivity contribution >= 4 is 29.2 Å². The smallest absolute Gasteiger partial charge is 0.328 e. The maximum absolute atomic E-state index is 11.4. The van der Waals surface area contributed by atoms with Crippen LogP contribution in [0.2, 0.25) is 5.02 Å². The first kappa shape index (κ1) is 9.98. The van der Waals surface area contributed by atoms with Crippen LogP contribution in [0, 0.1) is 6.92 Å². The van der Waals surface area contributed by atoms with Crippen LogP contribution in [0.1, 0.15) is 5.56 Å². The van der Waals surface area contributed by atoms with Gasteiger partial charge in [-0.05, 0) is 24.6 Å². The summed E-state index contributed by atoms with van der Waals surface area (Å²) in [6.45, 7) is 1.92. The lowest BCUT2D eigenvalue weighted by atomic mass is 10.2. The van der Waals surface area contributed by atoms with Gasteiger partial charge < -0.3 is 5.32 Å². The van der Waals surface area contributed by atoms with E-state index in [0.29, 0.717) is 10.7 Å². The third-order valence-corrected chi connectivity index (χ3v) is 2.49. The molecule has 0 aromatic heterocycles. The number of nitrogens with zero attached hydrogens (tertiary/aromatic N) is 1. The molecule has 1 aromatic carbocycles. The van der Waals surface area contributed by atoms with E-state index < -0.39 is 6.03 Å². The molecule has 1 N–H and O–H groups in total. The average Bonchev–Trinajstić information content (AvgIpc) is 2.48.